The van der Waals surface area contributed by atoms with Crippen molar-refractivity contribution in [1.29, 1.82) is 0 Å². The molecule has 0 heterocycles. The summed E-state index contributed by atoms with van der Waals surface area (Å²) in [7, 11) is 0. The summed E-state index contributed by atoms with van der Waals surface area (Å²) < 4.78 is 5.44. The van der Waals surface area contributed by atoms with Gasteiger partial charge in [0.2, 0.25) is 0 Å². The molecule has 0 aliphatic heterocycles. The van der Waals surface area contributed by atoms with E-state index in [1.807, 2.05) is 6.92 Å². The Balaban J connectivity index is 2.17. The van der Waals surface area contributed by atoms with Gasteiger partial charge >= 0.3 is 17.9 Å². The number of hydrogen-bond acceptors (Lipinski definition) is 5. The SMILES string of the molecule is CC1(C)C2CCC1(C)C(OC(=O)C(O)(CC(=O)O)CC(=O)O)C2. The van der Waals surface area contributed by atoms with Crippen LogP contribution >= 0.6 is 0 Å². The van der Waals surface area contributed by atoms with Gasteiger partial charge in [-0.05, 0) is 30.6 Å². The largest absolute Gasteiger partial charge is 0.481 e. The van der Waals surface area contributed by atoms with Crippen LogP contribution in [-0.2, 0) is 19.1 Å². The molecule has 3 N–H and O–H groups in total. The number of carbonyl (C=O) groups is 3. The first kappa shape index (κ1) is 17.7. The van der Waals surface area contributed by atoms with Crippen molar-refractivity contribution in [3.63, 3.8) is 0 Å². The average Bonchev–Trinajstić information content (AvgIpc) is 2.69. The first-order chi connectivity index (χ1) is 10.4. The van der Waals surface area contributed by atoms with Crippen LogP contribution in [0.3, 0.4) is 0 Å². The van der Waals surface area contributed by atoms with Crippen LogP contribution in [0.25, 0.3) is 0 Å². The van der Waals surface area contributed by atoms with Gasteiger partial charge in [0.15, 0.2) is 5.60 Å². The van der Waals surface area contributed by atoms with Crippen LogP contribution in [-0.4, -0.2) is 44.9 Å². The molecule has 3 atom stereocenters. The molecule has 7 nitrogen and oxygen atoms in total. The van der Waals surface area contributed by atoms with Crippen LogP contribution in [0, 0.1) is 16.7 Å². The number of ether oxygens (including phenoxy) is 1. The summed E-state index contributed by atoms with van der Waals surface area (Å²) in [5, 5.41) is 27.9. The van der Waals surface area contributed by atoms with E-state index >= 15 is 0 Å². The Morgan fingerprint density at radius 2 is 1.65 bits per heavy atom. The number of carbonyl (C=O) groups excluding carboxylic acids is 1. The second-order valence-corrected chi connectivity index (χ2v) is 7.68. The third kappa shape index (κ3) is 2.82. The van der Waals surface area contributed by atoms with Crippen molar-refractivity contribution >= 4 is 17.9 Å². The van der Waals surface area contributed by atoms with Gasteiger partial charge in [-0.1, -0.05) is 20.8 Å². The highest BCUT2D eigenvalue weighted by Gasteiger charge is 2.63. The minimum absolute atomic E-state index is 0.0182. The summed E-state index contributed by atoms with van der Waals surface area (Å²) in [5.74, 6) is -3.66. The summed E-state index contributed by atoms with van der Waals surface area (Å²) in [4.78, 5) is 34.1. The third-order valence-electron chi connectivity index (χ3n) is 6.23. The zero-order valence-electron chi connectivity index (χ0n) is 13.7. The number of aliphatic carboxylic acids is 2. The molecule has 0 radical (unpaired) electrons. The lowest BCUT2D eigenvalue weighted by molar-refractivity contribution is -0.185. The fraction of sp³-hybridized carbons (Fsp3) is 0.812. The number of hydrogen-bond donors (Lipinski definition) is 3. The van der Waals surface area contributed by atoms with Crippen LogP contribution in [0.1, 0.15) is 52.9 Å². The van der Waals surface area contributed by atoms with Gasteiger partial charge in [-0.2, -0.15) is 0 Å². The number of aliphatic hydroxyl groups is 1. The molecule has 2 aliphatic carbocycles. The maximum Gasteiger partial charge on any atom is 0.339 e. The Hall–Kier alpha value is -1.63. The molecular weight excluding hydrogens is 304 g/mol. The minimum Gasteiger partial charge on any atom is -0.481 e. The standard InChI is InChI=1S/C16H24O7/c1-14(2)9-4-5-15(14,3)10(6-9)23-13(21)16(22,7-11(17)18)8-12(19)20/h9-10,22H,4-8H2,1-3H3,(H,17,18)(H,19,20). The van der Waals surface area contributed by atoms with Crippen LogP contribution in [0.15, 0.2) is 0 Å². The monoisotopic (exact) mass is 328 g/mol. The quantitative estimate of drug-likeness (QED) is 0.630. The molecule has 3 unspecified atom stereocenters. The van der Waals surface area contributed by atoms with E-state index in [0.717, 1.165) is 12.8 Å². The molecule has 0 aromatic carbocycles. The van der Waals surface area contributed by atoms with Crippen LogP contribution in [0.2, 0.25) is 0 Å². The molecule has 2 fully saturated rings. The van der Waals surface area contributed by atoms with Crippen molar-refractivity contribution in [2.24, 2.45) is 16.7 Å². The normalized spacial score (nSPS) is 31.8. The molecule has 0 amide bonds. The van der Waals surface area contributed by atoms with Crippen molar-refractivity contribution < 1.29 is 34.4 Å². The van der Waals surface area contributed by atoms with E-state index in [-0.39, 0.29) is 10.8 Å². The molecule has 2 rings (SSSR count). The summed E-state index contributed by atoms with van der Waals surface area (Å²) in [6.45, 7) is 6.28. The molecule has 2 bridgehead atoms. The molecule has 23 heavy (non-hydrogen) atoms. The summed E-state index contributed by atoms with van der Waals surface area (Å²) >= 11 is 0. The fourth-order valence-corrected chi connectivity index (χ4v) is 4.25. The molecule has 2 aliphatic rings. The predicted octanol–water partition coefficient (Wildman–Crippen LogP) is 1.42. The molecule has 0 spiro atoms. The van der Waals surface area contributed by atoms with E-state index < -0.39 is 42.5 Å². The van der Waals surface area contributed by atoms with Gasteiger partial charge in [0.25, 0.3) is 0 Å². The van der Waals surface area contributed by atoms with E-state index in [1.54, 1.807) is 0 Å². The van der Waals surface area contributed by atoms with Gasteiger partial charge < -0.3 is 20.1 Å². The van der Waals surface area contributed by atoms with Crippen molar-refractivity contribution in [3.05, 3.63) is 0 Å². The first-order valence-electron chi connectivity index (χ1n) is 7.79. The summed E-state index contributed by atoms with van der Waals surface area (Å²) in [5.41, 5.74) is -2.81. The van der Waals surface area contributed by atoms with E-state index in [2.05, 4.69) is 13.8 Å². The lowest BCUT2D eigenvalue weighted by Crippen LogP contribution is -2.48. The van der Waals surface area contributed by atoms with Gasteiger partial charge in [-0.25, -0.2) is 4.79 Å². The van der Waals surface area contributed by atoms with E-state index in [9.17, 15) is 19.5 Å². The molecule has 2 saturated carbocycles. The van der Waals surface area contributed by atoms with E-state index in [1.165, 1.54) is 0 Å². The number of carboxylic acid groups (broad SMARTS) is 2. The zero-order chi connectivity index (χ0) is 17.6. The Kier molecular flexibility index (Phi) is 4.22. The van der Waals surface area contributed by atoms with Crippen molar-refractivity contribution in [1.82, 2.24) is 0 Å². The van der Waals surface area contributed by atoms with Crippen LogP contribution in [0.4, 0.5) is 0 Å². The van der Waals surface area contributed by atoms with E-state index in [0.29, 0.717) is 12.3 Å². The maximum atomic E-state index is 12.3. The van der Waals surface area contributed by atoms with Gasteiger partial charge in [0.1, 0.15) is 6.10 Å². The van der Waals surface area contributed by atoms with Gasteiger partial charge in [0.05, 0.1) is 12.8 Å². The highest BCUT2D eigenvalue weighted by molar-refractivity contribution is 5.89. The lowest BCUT2D eigenvalue weighted by atomic mass is 9.70. The zero-order valence-corrected chi connectivity index (χ0v) is 13.7. The van der Waals surface area contributed by atoms with Crippen molar-refractivity contribution in [3.8, 4) is 0 Å². The molecule has 0 aromatic heterocycles. The first-order valence-corrected chi connectivity index (χ1v) is 7.79. The molecule has 7 heteroatoms. The highest BCUT2D eigenvalue weighted by Crippen LogP contribution is 2.66. The Morgan fingerprint density at radius 3 is 2.00 bits per heavy atom. The molecule has 0 saturated heterocycles. The smallest absolute Gasteiger partial charge is 0.339 e. The minimum atomic E-state index is -2.54. The topological polar surface area (TPSA) is 121 Å². The van der Waals surface area contributed by atoms with Crippen LogP contribution < -0.4 is 0 Å². The summed E-state index contributed by atoms with van der Waals surface area (Å²) in [6, 6.07) is 0. The Bertz CT molecular complexity index is 523. The van der Waals surface area contributed by atoms with Gasteiger partial charge in [-0.3, -0.25) is 9.59 Å². The number of carboxylic acids is 2. The Morgan fingerprint density at radius 1 is 1.13 bits per heavy atom. The van der Waals surface area contributed by atoms with Gasteiger partial charge in [-0.15, -0.1) is 0 Å². The number of esters is 1. The molecule has 0 aromatic rings. The third-order valence-corrected chi connectivity index (χ3v) is 6.23. The van der Waals surface area contributed by atoms with Crippen LogP contribution in [0.5, 0.6) is 0 Å². The van der Waals surface area contributed by atoms with Crippen molar-refractivity contribution in [2.75, 3.05) is 0 Å². The number of rotatable bonds is 6. The van der Waals surface area contributed by atoms with Crippen molar-refractivity contribution in [2.45, 2.75) is 64.6 Å². The highest BCUT2D eigenvalue weighted by atomic mass is 16.6. The van der Waals surface area contributed by atoms with E-state index in [4.69, 9.17) is 14.9 Å². The molecular formula is C16H24O7. The molecule has 130 valence electrons. The fourth-order valence-electron chi connectivity index (χ4n) is 4.25. The second-order valence-electron chi connectivity index (χ2n) is 7.68. The number of fused-ring (bicyclic) bond motifs is 2. The Labute approximate surface area is 134 Å². The van der Waals surface area contributed by atoms with Gasteiger partial charge in [0, 0.05) is 5.41 Å². The predicted molar refractivity (Wildman–Crippen MR) is 78.6 cm³/mol. The average molecular weight is 328 g/mol. The lowest BCUT2D eigenvalue weighted by Gasteiger charge is -2.39. The maximum absolute atomic E-state index is 12.3. The second kappa shape index (κ2) is 5.47. The summed E-state index contributed by atoms with van der Waals surface area (Å²) in [6.07, 6.45) is 0.178.